The molecule has 0 unspecified atom stereocenters. The Bertz CT molecular complexity index is 797. The summed E-state index contributed by atoms with van der Waals surface area (Å²) in [6.07, 6.45) is -3.64. The van der Waals surface area contributed by atoms with E-state index in [1.54, 1.807) is 5.32 Å². The number of nitrogen functional groups attached to an aromatic ring is 1. The van der Waals surface area contributed by atoms with Gasteiger partial charge in [0.25, 0.3) is 5.91 Å². The molecule has 1 fully saturated rings. The highest BCUT2D eigenvalue weighted by Gasteiger charge is 2.39. The summed E-state index contributed by atoms with van der Waals surface area (Å²) in [6, 6.07) is 1.11. The summed E-state index contributed by atoms with van der Waals surface area (Å²) in [5.74, 6) is -3.37. The second-order valence-electron chi connectivity index (χ2n) is 4.10. The van der Waals surface area contributed by atoms with Gasteiger partial charge >= 0.3 is 0 Å². The minimum atomic E-state index is -2.97. The van der Waals surface area contributed by atoms with Gasteiger partial charge in [0.1, 0.15) is 6.02 Å². The maximum Gasteiger partial charge on any atom is 0.255 e. The number of carbonyl (C=O) groups is 3. The average Bonchev–Trinajstić information content (AvgIpc) is 2.64. The number of imide groups is 1. The van der Waals surface area contributed by atoms with Crippen molar-refractivity contribution < 1.29 is 21.2 Å². The van der Waals surface area contributed by atoms with E-state index in [2.05, 4.69) is 0 Å². The van der Waals surface area contributed by atoms with Gasteiger partial charge in [-0.05, 0) is 18.5 Å². The molecule has 98 valence electrons. The Morgan fingerprint density at radius 3 is 2.89 bits per heavy atom. The lowest BCUT2D eigenvalue weighted by Crippen LogP contribution is -2.52. The second kappa shape index (κ2) is 4.08. The van der Waals surface area contributed by atoms with Crippen molar-refractivity contribution in [3.63, 3.8) is 0 Å². The van der Waals surface area contributed by atoms with Gasteiger partial charge < -0.3 is 10.6 Å². The van der Waals surface area contributed by atoms with Crippen molar-refractivity contribution in [2.45, 2.75) is 25.3 Å². The zero-order chi connectivity index (χ0) is 18.1. The number of nitrogens with zero attached hydrogens (tertiary/aromatic N) is 1. The van der Waals surface area contributed by atoms with E-state index in [4.69, 9.17) is 12.6 Å². The SMILES string of the molecule is [2H]C1([2H])c2c(N)cccc2C(=O)N1[C@]1([2H])C(=O)NC(=O)CC1([2H])[2H]. The largest absolute Gasteiger partial charge is 0.398 e. The highest BCUT2D eigenvalue weighted by molar-refractivity contribution is 6.06. The first-order chi connectivity index (χ1) is 10.9. The van der Waals surface area contributed by atoms with Gasteiger partial charge in [0.15, 0.2) is 0 Å². The summed E-state index contributed by atoms with van der Waals surface area (Å²) in [7, 11) is 0. The Balaban J connectivity index is 2.23. The Morgan fingerprint density at radius 1 is 1.42 bits per heavy atom. The van der Waals surface area contributed by atoms with Gasteiger partial charge in [0.05, 0.1) is 4.11 Å². The van der Waals surface area contributed by atoms with Crippen LogP contribution in [0.3, 0.4) is 0 Å². The van der Waals surface area contributed by atoms with Crippen LogP contribution in [0.2, 0.25) is 0 Å². The summed E-state index contributed by atoms with van der Waals surface area (Å²) in [5.41, 5.74) is 5.32. The molecule has 1 aromatic rings. The quantitative estimate of drug-likeness (QED) is 0.553. The smallest absolute Gasteiger partial charge is 0.255 e. The van der Waals surface area contributed by atoms with Gasteiger partial charge in [-0.25, -0.2) is 0 Å². The molecule has 0 spiro atoms. The Kier molecular flexibility index (Phi) is 1.56. The van der Waals surface area contributed by atoms with Gasteiger partial charge in [0, 0.05) is 32.5 Å². The molecule has 1 saturated heterocycles. The summed E-state index contributed by atoms with van der Waals surface area (Å²) in [5, 5.41) is 1.80. The zero-order valence-corrected chi connectivity index (χ0v) is 9.69. The Labute approximate surface area is 116 Å². The van der Waals surface area contributed by atoms with Crippen molar-refractivity contribution in [1.29, 1.82) is 0 Å². The van der Waals surface area contributed by atoms with Crippen LogP contribution >= 0.6 is 0 Å². The molecule has 6 nitrogen and oxygen atoms in total. The van der Waals surface area contributed by atoms with Crippen molar-refractivity contribution in [2.24, 2.45) is 0 Å². The summed E-state index contributed by atoms with van der Waals surface area (Å²) in [6.45, 7) is -2.69. The number of nitrogens with two attached hydrogens (primary N) is 1. The number of nitrogens with one attached hydrogen (secondary N) is 1. The first kappa shape index (κ1) is 7.28. The third-order valence-corrected chi connectivity index (χ3v) is 2.86. The maximum atomic E-state index is 12.7. The molecule has 1 atom stereocenters. The predicted octanol–water partition coefficient (Wildman–Crippen LogP) is 0.0298. The van der Waals surface area contributed by atoms with Crippen LogP contribution in [-0.2, 0) is 16.1 Å². The predicted molar refractivity (Wildman–Crippen MR) is 66.9 cm³/mol. The molecule has 3 amide bonds. The Hall–Kier alpha value is -2.37. The number of piperidine rings is 1. The molecule has 0 radical (unpaired) electrons. The molecule has 3 rings (SSSR count). The molecule has 19 heavy (non-hydrogen) atoms. The van der Waals surface area contributed by atoms with Crippen LogP contribution in [-0.4, -0.2) is 28.6 Å². The highest BCUT2D eigenvalue weighted by atomic mass is 16.2. The number of fused-ring (bicyclic) bond motifs is 1. The number of amides is 3. The second-order valence-corrected chi connectivity index (χ2v) is 4.10. The summed E-state index contributed by atoms with van der Waals surface area (Å²) < 4.78 is 40.6. The number of rotatable bonds is 1. The molecule has 0 saturated carbocycles. The summed E-state index contributed by atoms with van der Waals surface area (Å²) >= 11 is 0. The lowest BCUT2D eigenvalue weighted by Gasteiger charge is -2.29. The molecule has 0 aliphatic carbocycles. The molecule has 2 heterocycles. The molecular formula is C13H13N3O3. The molecule has 2 aliphatic heterocycles. The van der Waals surface area contributed by atoms with Gasteiger partial charge in [0.2, 0.25) is 11.8 Å². The van der Waals surface area contributed by atoms with E-state index in [1.165, 1.54) is 18.2 Å². The van der Waals surface area contributed by atoms with Crippen LogP contribution in [0.5, 0.6) is 0 Å². The number of anilines is 1. The van der Waals surface area contributed by atoms with Crippen LogP contribution in [0.15, 0.2) is 18.2 Å². The van der Waals surface area contributed by atoms with Gasteiger partial charge in [-0.3, -0.25) is 19.7 Å². The first-order valence-corrected chi connectivity index (χ1v) is 5.52. The van der Waals surface area contributed by atoms with Gasteiger partial charge in [-0.15, -0.1) is 0 Å². The average molecular weight is 264 g/mol. The minimum Gasteiger partial charge on any atom is -0.398 e. The standard InChI is InChI=1S/C13H13N3O3/c14-9-3-1-2-7-8(9)6-16(13(7)19)10-4-5-11(17)15-12(10)18/h1-3,10H,4-6,14H2,(H,15,17,18)/t10-/m0/s1/i4D2,6D2,10D. The molecule has 0 bridgehead atoms. The molecule has 1 aromatic carbocycles. The summed E-state index contributed by atoms with van der Waals surface area (Å²) in [4.78, 5) is 36.6. The third kappa shape index (κ3) is 1.76. The monoisotopic (exact) mass is 264 g/mol. The van der Waals surface area contributed by atoms with Crippen molar-refractivity contribution >= 4 is 23.4 Å². The van der Waals surface area contributed by atoms with Gasteiger partial charge in [-0.2, -0.15) is 0 Å². The highest BCUT2D eigenvalue weighted by Crippen LogP contribution is 2.30. The fourth-order valence-corrected chi connectivity index (χ4v) is 1.97. The Morgan fingerprint density at radius 2 is 2.21 bits per heavy atom. The molecule has 0 aromatic heterocycles. The van der Waals surface area contributed by atoms with Crippen molar-refractivity contribution in [1.82, 2.24) is 10.2 Å². The molecular weight excluding hydrogens is 246 g/mol. The number of carbonyl (C=O) groups excluding carboxylic acids is 3. The van der Waals surface area contributed by atoms with E-state index < -0.39 is 43.0 Å². The normalized spacial score (nSPS) is 35.5. The lowest BCUT2D eigenvalue weighted by atomic mass is 10.0. The van der Waals surface area contributed by atoms with E-state index in [-0.39, 0.29) is 21.7 Å². The minimum absolute atomic E-state index is 0.0511. The molecule has 2 aliphatic rings. The zero-order valence-electron chi connectivity index (χ0n) is 14.7. The topological polar surface area (TPSA) is 92.5 Å². The van der Waals surface area contributed by atoms with Crippen molar-refractivity contribution in [3.8, 4) is 0 Å². The third-order valence-electron chi connectivity index (χ3n) is 2.86. The fourth-order valence-electron chi connectivity index (χ4n) is 1.97. The van der Waals surface area contributed by atoms with Crippen molar-refractivity contribution in [2.75, 3.05) is 5.73 Å². The van der Waals surface area contributed by atoms with E-state index in [0.717, 1.165) is 0 Å². The van der Waals surface area contributed by atoms with Gasteiger partial charge in [-0.1, -0.05) is 6.07 Å². The number of benzene rings is 1. The first-order valence-electron chi connectivity index (χ1n) is 8.02. The van der Waals surface area contributed by atoms with Crippen LogP contribution in [0, 0.1) is 0 Å². The number of hydrogen-bond acceptors (Lipinski definition) is 4. The maximum absolute atomic E-state index is 12.7. The van der Waals surface area contributed by atoms with Crippen LogP contribution in [0.4, 0.5) is 5.69 Å². The van der Waals surface area contributed by atoms with Crippen LogP contribution in [0.25, 0.3) is 0 Å². The van der Waals surface area contributed by atoms with E-state index in [1.807, 2.05) is 0 Å². The van der Waals surface area contributed by atoms with Crippen molar-refractivity contribution in [3.05, 3.63) is 29.3 Å². The van der Waals surface area contributed by atoms with E-state index >= 15 is 0 Å². The molecule has 3 N–H and O–H groups in total. The van der Waals surface area contributed by atoms with E-state index in [0.29, 0.717) is 0 Å². The van der Waals surface area contributed by atoms with Crippen LogP contribution in [0.1, 0.15) is 35.6 Å². The fraction of sp³-hybridized carbons (Fsp3) is 0.308. The lowest BCUT2D eigenvalue weighted by molar-refractivity contribution is -0.136. The number of hydrogen-bond donors (Lipinski definition) is 2. The molecule has 6 heteroatoms. The van der Waals surface area contributed by atoms with E-state index in [9.17, 15) is 14.4 Å². The van der Waals surface area contributed by atoms with Crippen LogP contribution < -0.4 is 11.1 Å².